The molecule has 2 nitrogen and oxygen atoms in total. The van der Waals surface area contributed by atoms with Crippen LogP contribution >= 0.6 is 0 Å². The molecule has 2 heteroatoms. The molecule has 1 aliphatic heterocycles. The van der Waals surface area contributed by atoms with E-state index in [9.17, 15) is 0 Å². The van der Waals surface area contributed by atoms with Crippen molar-refractivity contribution in [1.29, 1.82) is 0 Å². The minimum atomic E-state index is 0.818. The van der Waals surface area contributed by atoms with Crippen LogP contribution in [-0.4, -0.2) is 0 Å². The lowest BCUT2D eigenvalue weighted by atomic mass is 9.89. The molecule has 0 spiro atoms. The highest BCUT2D eigenvalue weighted by Gasteiger charge is 2.27. The number of benzene rings is 10. The lowest BCUT2D eigenvalue weighted by Gasteiger charge is -2.29. The second-order valence-corrected chi connectivity index (χ2v) is 15.3. The van der Waals surface area contributed by atoms with Crippen LogP contribution in [0.2, 0.25) is 0 Å². The molecule has 0 unspecified atom stereocenters. The molecule has 0 amide bonds. The molecule has 0 aliphatic carbocycles. The Morgan fingerprint density at radius 1 is 0.267 bits per heavy atom. The van der Waals surface area contributed by atoms with Crippen LogP contribution < -0.4 is 9.64 Å². The van der Waals surface area contributed by atoms with Crippen molar-refractivity contribution in [3.8, 4) is 78.3 Å². The van der Waals surface area contributed by atoms with Gasteiger partial charge >= 0.3 is 0 Å². The summed E-state index contributed by atoms with van der Waals surface area (Å²) in [5.41, 5.74) is 17.0. The van der Waals surface area contributed by atoms with Gasteiger partial charge in [0.1, 0.15) is 11.5 Å². The first kappa shape index (κ1) is 35.2. The minimum Gasteiger partial charge on any atom is -0.456 e. The molecule has 0 N–H and O–H groups in total. The second-order valence-electron chi connectivity index (χ2n) is 15.3. The number of hydrogen-bond donors (Lipinski definition) is 0. The average Bonchev–Trinajstić information content (AvgIpc) is 3.46. The molecule has 1 aliphatic rings. The standard InChI is InChI=1S/C58H39NO/c1-4-13-40(14-5-1)42-23-25-44(26-24-42)45-31-34-51(35-32-45)59(50-19-8-3-9-20-50)55-21-12-22-57-58(55)54-39-48-18-11-10-17-47(48)37-52(54)53-38-49(33-36-56(53)60-57)46-29-27-43(28-30-46)41-15-6-2-7-16-41/h1-39H. The Balaban J connectivity index is 1.03. The fourth-order valence-corrected chi connectivity index (χ4v) is 8.64. The molecule has 0 radical (unpaired) electrons. The van der Waals surface area contributed by atoms with Crippen molar-refractivity contribution in [3.63, 3.8) is 0 Å². The van der Waals surface area contributed by atoms with Gasteiger partial charge in [-0.05, 0) is 127 Å². The van der Waals surface area contributed by atoms with E-state index in [0.29, 0.717) is 0 Å². The molecule has 0 bridgehead atoms. The predicted octanol–water partition coefficient (Wildman–Crippen LogP) is 16.4. The molecule has 1 heterocycles. The maximum Gasteiger partial charge on any atom is 0.137 e. The Kier molecular flexibility index (Phi) is 8.87. The normalized spacial score (nSPS) is 11.5. The molecular weight excluding hydrogens is 727 g/mol. The van der Waals surface area contributed by atoms with Gasteiger partial charge in [-0.1, -0.05) is 176 Å². The third-order valence-corrected chi connectivity index (χ3v) is 11.7. The topological polar surface area (TPSA) is 12.5 Å². The maximum absolute atomic E-state index is 7.03. The van der Waals surface area contributed by atoms with E-state index in [1.54, 1.807) is 0 Å². The van der Waals surface area contributed by atoms with Gasteiger partial charge in [0.2, 0.25) is 0 Å². The van der Waals surface area contributed by atoms with Gasteiger partial charge < -0.3 is 9.64 Å². The quantitative estimate of drug-likeness (QED) is 0.160. The Hall–Kier alpha value is -7.94. The number of anilines is 3. The van der Waals surface area contributed by atoms with Crippen LogP contribution in [0.3, 0.4) is 0 Å². The molecule has 282 valence electrons. The van der Waals surface area contributed by atoms with E-state index < -0.39 is 0 Å². The zero-order chi connectivity index (χ0) is 39.8. The van der Waals surface area contributed by atoms with E-state index in [1.165, 1.54) is 44.2 Å². The first-order valence-corrected chi connectivity index (χ1v) is 20.5. The largest absolute Gasteiger partial charge is 0.456 e. The third kappa shape index (κ3) is 6.51. The van der Waals surface area contributed by atoms with Crippen LogP contribution in [-0.2, 0) is 0 Å². The van der Waals surface area contributed by atoms with Gasteiger partial charge in [0, 0.05) is 22.5 Å². The highest BCUT2D eigenvalue weighted by atomic mass is 16.5. The lowest BCUT2D eigenvalue weighted by Crippen LogP contribution is -2.11. The maximum atomic E-state index is 7.03. The lowest BCUT2D eigenvalue weighted by molar-refractivity contribution is 0.488. The summed E-state index contributed by atoms with van der Waals surface area (Å²) in [6, 6.07) is 84.7. The van der Waals surface area contributed by atoms with Gasteiger partial charge in [-0.3, -0.25) is 0 Å². The van der Waals surface area contributed by atoms with Gasteiger partial charge in [0.05, 0.1) is 5.69 Å². The smallest absolute Gasteiger partial charge is 0.137 e. The molecule has 0 atom stereocenters. The Morgan fingerprint density at radius 2 is 0.700 bits per heavy atom. The Labute approximate surface area is 350 Å². The van der Waals surface area contributed by atoms with Gasteiger partial charge in [-0.15, -0.1) is 0 Å². The fourth-order valence-electron chi connectivity index (χ4n) is 8.64. The number of nitrogens with zero attached hydrogens (tertiary/aromatic N) is 1. The van der Waals surface area contributed by atoms with Crippen LogP contribution in [0.5, 0.6) is 11.5 Å². The average molecular weight is 766 g/mol. The number of rotatable bonds is 7. The highest BCUT2D eigenvalue weighted by molar-refractivity contribution is 6.04. The summed E-state index contributed by atoms with van der Waals surface area (Å²) in [6.07, 6.45) is 0. The summed E-state index contributed by atoms with van der Waals surface area (Å²) in [4.78, 5) is 2.36. The monoisotopic (exact) mass is 765 g/mol. The van der Waals surface area contributed by atoms with Crippen LogP contribution in [0.15, 0.2) is 237 Å². The van der Waals surface area contributed by atoms with Crippen molar-refractivity contribution in [2.75, 3.05) is 4.90 Å². The van der Waals surface area contributed by atoms with Crippen LogP contribution in [0, 0.1) is 0 Å². The molecule has 0 saturated heterocycles. The summed E-state index contributed by atoms with van der Waals surface area (Å²) in [5, 5.41) is 2.37. The molecule has 11 rings (SSSR count). The molecule has 0 saturated carbocycles. The molecule has 0 fully saturated rings. The van der Waals surface area contributed by atoms with E-state index in [-0.39, 0.29) is 0 Å². The summed E-state index contributed by atoms with van der Waals surface area (Å²) < 4.78 is 7.03. The van der Waals surface area contributed by atoms with E-state index in [4.69, 9.17) is 4.74 Å². The first-order chi connectivity index (χ1) is 29.7. The van der Waals surface area contributed by atoms with E-state index in [0.717, 1.165) is 61.9 Å². The second kappa shape index (κ2) is 15.1. The SMILES string of the molecule is c1ccc(-c2ccc(-c3ccc(N(c4ccccc4)c4cccc5c4-c4cc6ccccc6cc4-c4cc(-c6ccc(-c7ccccc7)cc6)ccc4O5)cc3)cc2)cc1. The first-order valence-electron chi connectivity index (χ1n) is 20.5. The van der Waals surface area contributed by atoms with Crippen molar-refractivity contribution in [2.45, 2.75) is 0 Å². The van der Waals surface area contributed by atoms with E-state index >= 15 is 0 Å². The van der Waals surface area contributed by atoms with E-state index in [1.807, 2.05) is 0 Å². The van der Waals surface area contributed by atoms with Crippen molar-refractivity contribution in [3.05, 3.63) is 237 Å². The molecule has 10 aromatic rings. The third-order valence-electron chi connectivity index (χ3n) is 11.7. The molecular formula is C58H39NO. The molecule has 10 aromatic carbocycles. The van der Waals surface area contributed by atoms with Gasteiger partial charge in [0.15, 0.2) is 0 Å². The fraction of sp³-hybridized carbons (Fsp3) is 0. The predicted molar refractivity (Wildman–Crippen MR) is 251 cm³/mol. The van der Waals surface area contributed by atoms with Gasteiger partial charge in [-0.2, -0.15) is 0 Å². The molecule has 0 aromatic heterocycles. The summed E-state index contributed by atoms with van der Waals surface area (Å²) in [7, 11) is 0. The molecule has 60 heavy (non-hydrogen) atoms. The zero-order valence-electron chi connectivity index (χ0n) is 32.9. The number of fused-ring (bicyclic) bond motifs is 6. The van der Waals surface area contributed by atoms with Crippen molar-refractivity contribution >= 4 is 27.8 Å². The van der Waals surface area contributed by atoms with Crippen molar-refractivity contribution in [2.24, 2.45) is 0 Å². The summed E-state index contributed by atoms with van der Waals surface area (Å²) >= 11 is 0. The zero-order valence-corrected chi connectivity index (χ0v) is 32.9. The Morgan fingerprint density at radius 3 is 1.27 bits per heavy atom. The van der Waals surface area contributed by atoms with Gasteiger partial charge in [-0.25, -0.2) is 0 Å². The van der Waals surface area contributed by atoms with E-state index in [2.05, 4.69) is 241 Å². The van der Waals surface area contributed by atoms with Crippen LogP contribution in [0.4, 0.5) is 17.1 Å². The number of hydrogen-bond acceptors (Lipinski definition) is 2. The summed E-state index contributed by atoms with van der Waals surface area (Å²) in [6.45, 7) is 0. The Bertz CT molecular complexity index is 3120. The minimum absolute atomic E-state index is 0.818. The van der Waals surface area contributed by atoms with Crippen LogP contribution in [0.25, 0.3) is 77.5 Å². The van der Waals surface area contributed by atoms with Crippen molar-refractivity contribution in [1.82, 2.24) is 0 Å². The van der Waals surface area contributed by atoms with Gasteiger partial charge in [0.25, 0.3) is 0 Å². The van der Waals surface area contributed by atoms with Crippen molar-refractivity contribution < 1.29 is 4.74 Å². The number of para-hydroxylation sites is 1. The number of ether oxygens (including phenoxy) is 1. The highest BCUT2D eigenvalue weighted by Crippen LogP contribution is 2.54. The van der Waals surface area contributed by atoms with Crippen LogP contribution in [0.1, 0.15) is 0 Å². The summed E-state index contributed by atoms with van der Waals surface area (Å²) in [5.74, 6) is 1.65.